The first-order valence-electron chi connectivity index (χ1n) is 18.7. The summed E-state index contributed by atoms with van der Waals surface area (Å²) in [6.45, 7) is 18.1. The highest BCUT2D eigenvalue weighted by molar-refractivity contribution is 5.90. The van der Waals surface area contributed by atoms with Crippen molar-refractivity contribution in [2.24, 2.45) is 52.3 Å². The largest absolute Gasteiger partial charge is 0.466 e. The van der Waals surface area contributed by atoms with E-state index in [4.69, 9.17) is 14.2 Å². The molecule has 0 heterocycles. The van der Waals surface area contributed by atoms with Crippen LogP contribution in [0.3, 0.4) is 0 Å². The van der Waals surface area contributed by atoms with Crippen LogP contribution in [-0.4, -0.2) is 47.9 Å². The van der Waals surface area contributed by atoms with Crippen molar-refractivity contribution < 1.29 is 33.7 Å². The number of fused-ring (bicyclic) bond motifs is 5. The summed E-state index contributed by atoms with van der Waals surface area (Å²) in [6, 6.07) is 0. The maximum atomic E-state index is 13.1. The number of hydrogen-bond donors (Lipinski definition) is 1. The molecule has 0 amide bonds. The lowest BCUT2D eigenvalue weighted by molar-refractivity contribution is -0.179. The predicted octanol–water partition coefficient (Wildman–Crippen LogP) is 8.21. The second-order valence-electron chi connectivity index (χ2n) is 16.2. The predicted molar refractivity (Wildman–Crippen MR) is 180 cm³/mol. The van der Waals surface area contributed by atoms with E-state index in [1.807, 2.05) is 0 Å². The van der Waals surface area contributed by atoms with Gasteiger partial charge in [-0.1, -0.05) is 66.0 Å². The molecule has 0 aromatic carbocycles. The molecule has 4 rings (SSSR count). The molecule has 4 aliphatic carbocycles. The van der Waals surface area contributed by atoms with Gasteiger partial charge >= 0.3 is 17.9 Å². The van der Waals surface area contributed by atoms with Crippen LogP contribution in [0.1, 0.15) is 139 Å². The number of rotatable bonds is 14. The molecular weight excluding hydrogens is 580 g/mol. The van der Waals surface area contributed by atoms with Crippen LogP contribution in [0.5, 0.6) is 0 Å². The first-order chi connectivity index (χ1) is 21.7. The van der Waals surface area contributed by atoms with Gasteiger partial charge in [0.25, 0.3) is 0 Å². The van der Waals surface area contributed by atoms with Crippen LogP contribution >= 0.6 is 0 Å². The van der Waals surface area contributed by atoms with Crippen LogP contribution in [-0.2, 0) is 28.6 Å². The van der Waals surface area contributed by atoms with Crippen molar-refractivity contribution in [3.05, 3.63) is 11.6 Å². The monoisotopic (exact) mass is 644 g/mol. The minimum Gasteiger partial charge on any atom is -0.466 e. The van der Waals surface area contributed by atoms with Gasteiger partial charge in [-0.15, -0.1) is 0 Å². The first kappa shape index (κ1) is 36.9. The molecule has 9 unspecified atom stereocenters. The molecular formula is C39H64O7. The lowest BCUT2D eigenvalue weighted by Crippen LogP contribution is -2.51. The van der Waals surface area contributed by atoms with Crippen LogP contribution in [0.25, 0.3) is 0 Å². The molecule has 0 aromatic rings. The third-order valence-electron chi connectivity index (χ3n) is 13.4. The molecule has 0 aromatic heterocycles. The summed E-state index contributed by atoms with van der Waals surface area (Å²) < 4.78 is 15.8. The average Bonchev–Trinajstić information content (AvgIpc) is 3.34. The minimum atomic E-state index is -2.31. The highest BCUT2D eigenvalue weighted by atomic mass is 16.6. The Bertz CT molecular complexity index is 1110. The average molecular weight is 645 g/mol. The highest BCUT2D eigenvalue weighted by Gasteiger charge is 2.59. The zero-order chi connectivity index (χ0) is 33.9. The van der Waals surface area contributed by atoms with E-state index >= 15 is 0 Å². The second-order valence-corrected chi connectivity index (χ2v) is 16.2. The number of ether oxygens (including phenoxy) is 3. The fraction of sp³-hybridized carbons (Fsp3) is 0.872. The van der Waals surface area contributed by atoms with Crippen molar-refractivity contribution in [3.8, 4) is 0 Å². The van der Waals surface area contributed by atoms with Crippen molar-refractivity contribution in [1.82, 2.24) is 0 Å². The molecule has 7 nitrogen and oxygen atoms in total. The van der Waals surface area contributed by atoms with Crippen LogP contribution in [0.4, 0.5) is 0 Å². The van der Waals surface area contributed by atoms with Gasteiger partial charge in [-0.2, -0.15) is 0 Å². The van der Waals surface area contributed by atoms with Crippen molar-refractivity contribution >= 4 is 17.9 Å². The quantitative estimate of drug-likeness (QED) is 0.116. The van der Waals surface area contributed by atoms with Gasteiger partial charge in [0.1, 0.15) is 6.10 Å². The molecule has 7 heteroatoms. The molecule has 10 atom stereocenters. The van der Waals surface area contributed by atoms with Gasteiger partial charge in [-0.25, -0.2) is 4.79 Å². The van der Waals surface area contributed by atoms with Crippen molar-refractivity contribution in [2.45, 2.75) is 151 Å². The second kappa shape index (κ2) is 15.1. The molecule has 46 heavy (non-hydrogen) atoms. The van der Waals surface area contributed by atoms with Crippen molar-refractivity contribution in [1.29, 1.82) is 0 Å². The Labute approximate surface area is 279 Å². The summed E-state index contributed by atoms with van der Waals surface area (Å²) >= 11 is 0. The Morgan fingerprint density at radius 3 is 2.26 bits per heavy atom. The van der Waals surface area contributed by atoms with Crippen LogP contribution in [0.15, 0.2) is 11.6 Å². The van der Waals surface area contributed by atoms with Gasteiger partial charge in [-0.3, -0.25) is 9.59 Å². The molecule has 1 N–H and O–H groups in total. The first-order valence-corrected chi connectivity index (χ1v) is 18.7. The lowest BCUT2D eigenvalue weighted by atomic mass is 9.47. The Hall–Kier alpha value is -1.89. The smallest absolute Gasteiger partial charge is 0.339 e. The molecule has 4 aliphatic rings. The van der Waals surface area contributed by atoms with E-state index in [0.29, 0.717) is 17.8 Å². The van der Waals surface area contributed by atoms with Gasteiger partial charge in [0.15, 0.2) is 5.60 Å². The van der Waals surface area contributed by atoms with E-state index in [-0.39, 0.29) is 24.7 Å². The van der Waals surface area contributed by atoms with E-state index in [2.05, 4.69) is 47.6 Å². The molecule has 0 aliphatic heterocycles. The van der Waals surface area contributed by atoms with E-state index in [9.17, 15) is 19.5 Å². The van der Waals surface area contributed by atoms with Crippen molar-refractivity contribution in [3.63, 3.8) is 0 Å². The van der Waals surface area contributed by atoms with E-state index in [0.717, 1.165) is 54.8 Å². The Kier molecular flexibility index (Phi) is 12.1. The van der Waals surface area contributed by atoms with Crippen LogP contribution in [0, 0.1) is 52.3 Å². The van der Waals surface area contributed by atoms with Gasteiger partial charge in [-0.05, 0) is 117 Å². The summed E-state index contributed by atoms with van der Waals surface area (Å²) in [6.07, 6.45) is 13.8. The summed E-state index contributed by atoms with van der Waals surface area (Å²) in [4.78, 5) is 37.7. The molecule has 3 saturated carbocycles. The summed E-state index contributed by atoms with van der Waals surface area (Å²) in [5.74, 6) is 2.94. The van der Waals surface area contributed by atoms with Crippen LogP contribution < -0.4 is 0 Å². The van der Waals surface area contributed by atoms with Gasteiger partial charge in [0.05, 0.1) is 26.1 Å². The number of esters is 3. The summed E-state index contributed by atoms with van der Waals surface area (Å²) in [5.41, 5.74) is -0.334. The fourth-order valence-electron chi connectivity index (χ4n) is 10.8. The van der Waals surface area contributed by atoms with Gasteiger partial charge in [0, 0.05) is 6.42 Å². The zero-order valence-corrected chi connectivity index (χ0v) is 30.2. The fourth-order valence-corrected chi connectivity index (χ4v) is 10.8. The minimum absolute atomic E-state index is 0.0217. The Morgan fingerprint density at radius 2 is 1.61 bits per heavy atom. The van der Waals surface area contributed by atoms with Gasteiger partial charge < -0.3 is 19.3 Å². The number of carbonyl (C=O) groups excluding carboxylic acids is 3. The number of aliphatic hydroxyl groups is 1. The topological polar surface area (TPSA) is 99.1 Å². The Morgan fingerprint density at radius 1 is 0.913 bits per heavy atom. The maximum absolute atomic E-state index is 13.1. The molecule has 262 valence electrons. The highest BCUT2D eigenvalue weighted by Crippen LogP contribution is 2.67. The van der Waals surface area contributed by atoms with E-state index < -0.39 is 36.4 Å². The van der Waals surface area contributed by atoms with E-state index in [1.165, 1.54) is 50.5 Å². The molecule has 0 bridgehead atoms. The van der Waals surface area contributed by atoms with E-state index in [1.54, 1.807) is 13.8 Å². The van der Waals surface area contributed by atoms with Crippen molar-refractivity contribution in [2.75, 3.05) is 13.2 Å². The number of hydrogen-bond acceptors (Lipinski definition) is 7. The maximum Gasteiger partial charge on any atom is 0.339 e. The zero-order valence-electron chi connectivity index (χ0n) is 30.2. The number of carbonyl (C=O) groups is 3. The van der Waals surface area contributed by atoms with Crippen LogP contribution in [0.2, 0.25) is 0 Å². The third kappa shape index (κ3) is 7.55. The lowest BCUT2D eigenvalue weighted by Gasteiger charge is -2.58. The Balaban J connectivity index is 1.39. The molecule has 0 spiro atoms. The standard InChI is InChI=1S/C39H64O7/c1-9-27(25(4)5)13-12-26(6)31-16-17-32-30-15-14-28-22-29(18-20-37(28,7)33(30)19-21-38(31,32)8)46-35(41)24-39(43,36(42)45-11-3)23-34(40)44-10-2/h14,25-27,29-33,43H,9-13,15-24H2,1-8H3/t26?,27-,29?,30?,31?,32?,33?,37?,38?,39?/m1/s1. The molecule has 0 radical (unpaired) electrons. The number of allylic oxidation sites excluding steroid dienone is 1. The molecule has 0 saturated heterocycles. The van der Waals surface area contributed by atoms with Gasteiger partial charge in [0.2, 0.25) is 0 Å². The third-order valence-corrected chi connectivity index (χ3v) is 13.4. The normalized spacial score (nSPS) is 34.7. The SMILES string of the molecule is CCOC(=O)CC(O)(CC(=O)OC1CCC2(C)C(=CCC3C2CCC2(C)C(C(C)CC[C@@H](CC)C(C)C)CCC32)C1)C(=O)OCC. The molecule has 3 fully saturated rings. The summed E-state index contributed by atoms with van der Waals surface area (Å²) in [5, 5.41) is 11.0. The summed E-state index contributed by atoms with van der Waals surface area (Å²) in [7, 11) is 0.